The van der Waals surface area contributed by atoms with Crippen LogP contribution < -0.4 is 0 Å². The molecular formula is C20H46O4Si2. The van der Waals surface area contributed by atoms with Crippen LogP contribution >= 0.6 is 0 Å². The Morgan fingerprint density at radius 2 is 1.42 bits per heavy atom. The highest BCUT2D eigenvalue weighted by Crippen LogP contribution is 2.24. The Morgan fingerprint density at radius 3 is 2.00 bits per heavy atom. The largest absolute Gasteiger partial charge is 0.456 e. The second-order valence-electron chi connectivity index (χ2n) is 9.42. The molecule has 0 aromatic heterocycles. The second kappa shape index (κ2) is 13.5. The Labute approximate surface area is 165 Å². The standard InChI is InChI=1S/C20H46O4Si2/c1-10-18(2)15-22-16-20(4)23-14-13-21-12-11-19(3)17-26(8,9)24-25(5,6)7/h18-20H,10-17H2,1-9H3. The van der Waals surface area contributed by atoms with Crippen molar-refractivity contribution in [2.24, 2.45) is 11.8 Å². The van der Waals surface area contributed by atoms with E-state index in [4.69, 9.17) is 18.3 Å². The summed E-state index contributed by atoms with van der Waals surface area (Å²) in [7, 11) is -2.98. The molecule has 0 heterocycles. The van der Waals surface area contributed by atoms with Crippen molar-refractivity contribution in [1.82, 2.24) is 0 Å². The summed E-state index contributed by atoms with van der Waals surface area (Å²) in [5.74, 6) is 1.28. The van der Waals surface area contributed by atoms with Gasteiger partial charge in [-0.1, -0.05) is 27.2 Å². The number of rotatable bonds is 16. The van der Waals surface area contributed by atoms with E-state index in [0.29, 0.717) is 31.7 Å². The number of hydrogen-bond acceptors (Lipinski definition) is 4. The summed E-state index contributed by atoms with van der Waals surface area (Å²) in [5, 5.41) is 0. The van der Waals surface area contributed by atoms with Crippen molar-refractivity contribution >= 4 is 16.6 Å². The first kappa shape index (κ1) is 26.3. The maximum Gasteiger partial charge on any atom is 0.173 e. The molecule has 6 heteroatoms. The molecule has 0 N–H and O–H groups in total. The Bertz CT molecular complexity index is 345. The molecule has 0 spiro atoms. The molecule has 4 nitrogen and oxygen atoms in total. The molecular weight excluding hydrogens is 360 g/mol. The average molecular weight is 407 g/mol. The van der Waals surface area contributed by atoms with Gasteiger partial charge in [0.15, 0.2) is 16.6 Å². The van der Waals surface area contributed by atoms with Gasteiger partial charge in [-0.25, -0.2) is 0 Å². The van der Waals surface area contributed by atoms with Crippen molar-refractivity contribution in [2.45, 2.75) is 85.4 Å². The van der Waals surface area contributed by atoms with Crippen LogP contribution in [0.3, 0.4) is 0 Å². The normalized spacial score (nSPS) is 16.5. The van der Waals surface area contributed by atoms with Crippen LogP contribution in [0.4, 0.5) is 0 Å². The first-order valence-corrected chi connectivity index (χ1v) is 16.9. The van der Waals surface area contributed by atoms with E-state index in [2.05, 4.69) is 60.4 Å². The van der Waals surface area contributed by atoms with Crippen molar-refractivity contribution in [2.75, 3.05) is 33.0 Å². The summed E-state index contributed by atoms with van der Waals surface area (Å²) < 4.78 is 23.6. The monoisotopic (exact) mass is 406 g/mol. The van der Waals surface area contributed by atoms with E-state index in [-0.39, 0.29) is 6.10 Å². The molecule has 158 valence electrons. The highest BCUT2D eigenvalue weighted by molar-refractivity contribution is 6.84. The summed E-state index contributed by atoms with van der Waals surface area (Å²) in [6.45, 7) is 23.9. The van der Waals surface area contributed by atoms with Gasteiger partial charge in [0, 0.05) is 13.2 Å². The van der Waals surface area contributed by atoms with Crippen LogP contribution in [0.15, 0.2) is 0 Å². The van der Waals surface area contributed by atoms with Crippen molar-refractivity contribution in [3.05, 3.63) is 0 Å². The fourth-order valence-electron chi connectivity index (χ4n) is 3.11. The van der Waals surface area contributed by atoms with Crippen molar-refractivity contribution in [3.63, 3.8) is 0 Å². The third-order valence-corrected chi connectivity index (χ3v) is 10.6. The van der Waals surface area contributed by atoms with E-state index in [0.717, 1.165) is 26.1 Å². The molecule has 0 amide bonds. The van der Waals surface area contributed by atoms with Gasteiger partial charge < -0.3 is 18.3 Å². The van der Waals surface area contributed by atoms with Crippen LogP contribution in [0.1, 0.15) is 40.5 Å². The highest BCUT2D eigenvalue weighted by atomic mass is 28.4. The Hall–Kier alpha value is 0.274. The zero-order valence-electron chi connectivity index (χ0n) is 19.0. The van der Waals surface area contributed by atoms with Crippen LogP contribution in [0.5, 0.6) is 0 Å². The molecule has 0 aromatic carbocycles. The lowest BCUT2D eigenvalue weighted by Gasteiger charge is -2.33. The fraction of sp³-hybridized carbons (Fsp3) is 1.00. The van der Waals surface area contributed by atoms with Crippen LogP contribution in [0.25, 0.3) is 0 Å². The summed E-state index contributed by atoms with van der Waals surface area (Å²) in [5.41, 5.74) is 0. The summed E-state index contributed by atoms with van der Waals surface area (Å²) in [6.07, 6.45) is 2.39. The molecule has 3 atom stereocenters. The molecule has 0 saturated heterocycles. The van der Waals surface area contributed by atoms with Gasteiger partial charge in [0.1, 0.15) is 0 Å². The topological polar surface area (TPSA) is 36.9 Å². The molecule has 0 rings (SSSR count). The predicted octanol–water partition coefficient (Wildman–Crippen LogP) is 5.55. The molecule has 0 fully saturated rings. The Balaban J connectivity index is 3.68. The van der Waals surface area contributed by atoms with Gasteiger partial charge in [0.25, 0.3) is 0 Å². The quantitative estimate of drug-likeness (QED) is 0.248. The molecule has 0 aliphatic heterocycles. The molecule has 0 aliphatic carbocycles. The zero-order valence-corrected chi connectivity index (χ0v) is 21.0. The minimum Gasteiger partial charge on any atom is -0.456 e. The number of ether oxygens (including phenoxy) is 3. The smallest absolute Gasteiger partial charge is 0.173 e. The zero-order chi connectivity index (χ0) is 20.2. The SMILES string of the molecule is CCC(C)COCC(C)OCCOCCC(C)C[Si](C)(C)O[Si](C)(C)C. The lowest BCUT2D eigenvalue weighted by atomic mass is 10.1. The summed E-state index contributed by atoms with van der Waals surface area (Å²) in [4.78, 5) is 0. The molecule has 0 aliphatic rings. The van der Waals surface area contributed by atoms with Gasteiger partial charge in [-0.3, -0.25) is 0 Å². The molecule has 0 radical (unpaired) electrons. The average Bonchev–Trinajstić information content (AvgIpc) is 2.47. The predicted molar refractivity (Wildman–Crippen MR) is 117 cm³/mol. The van der Waals surface area contributed by atoms with Crippen molar-refractivity contribution in [3.8, 4) is 0 Å². The Morgan fingerprint density at radius 1 is 0.769 bits per heavy atom. The molecule has 0 aromatic rings. The van der Waals surface area contributed by atoms with Gasteiger partial charge >= 0.3 is 0 Å². The third-order valence-electron chi connectivity index (χ3n) is 4.26. The first-order chi connectivity index (χ1) is 11.9. The maximum absolute atomic E-state index is 6.43. The molecule has 26 heavy (non-hydrogen) atoms. The molecule has 0 bridgehead atoms. The van der Waals surface area contributed by atoms with Gasteiger partial charge in [0.05, 0.1) is 25.9 Å². The van der Waals surface area contributed by atoms with Gasteiger partial charge in [-0.05, 0) is 64.0 Å². The summed E-state index contributed by atoms with van der Waals surface area (Å²) >= 11 is 0. The third kappa shape index (κ3) is 16.4. The molecule has 0 saturated carbocycles. The Kier molecular flexibility index (Phi) is 13.6. The lowest BCUT2D eigenvalue weighted by molar-refractivity contribution is -0.0355. The van der Waals surface area contributed by atoms with Crippen molar-refractivity contribution < 1.29 is 18.3 Å². The minimum absolute atomic E-state index is 0.132. The fourth-order valence-corrected chi connectivity index (χ4v) is 12.0. The second-order valence-corrected chi connectivity index (χ2v) is 18.4. The van der Waals surface area contributed by atoms with E-state index in [1.165, 1.54) is 6.04 Å². The first-order valence-electron chi connectivity index (χ1n) is 10.4. The highest BCUT2D eigenvalue weighted by Gasteiger charge is 2.30. The van der Waals surface area contributed by atoms with E-state index in [1.807, 2.05) is 0 Å². The van der Waals surface area contributed by atoms with Gasteiger partial charge in [0.2, 0.25) is 0 Å². The molecule has 3 unspecified atom stereocenters. The van der Waals surface area contributed by atoms with E-state index in [1.54, 1.807) is 0 Å². The van der Waals surface area contributed by atoms with Crippen LogP contribution in [-0.2, 0) is 18.3 Å². The van der Waals surface area contributed by atoms with Gasteiger partial charge in [-0.2, -0.15) is 0 Å². The lowest BCUT2D eigenvalue weighted by Crippen LogP contribution is -2.43. The van der Waals surface area contributed by atoms with E-state index >= 15 is 0 Å². The van der Waals surface area contributed by atoms with Gasteiger partial charge in [-0.15, -0.1) is 0 Å². The van der Waals surface area contributed by atoms with Crippen LogP contribution in [0, 0.1) is 11.8 Å². The van der Waals surface area contributed by atoms with Crippen LogP contribution in [0.2, 0.25) is 38.8 Å². The van der Waals surface area contributed by atoms with E-state index < -0.39 is 16.6 Å². The summed E-state index contributed by atoms with van der Waals surface area (Å²) in [6, 6.07) is 1.21. The van der Waals surface area contributed by atoms with E-state index in [9.17, 15) is 0 Å². The maximum atomic E-state index is 6.43. The minimum atomic E-state index is -1.55. The number of hydrogen-bond donors (Lipinski definition) is 0. The van der Waals surface area contributed by atoms with Crippen LogP contribution in [-0.4, -0.2) is 55.8 Å². The van der Waals surface area contributed by atoms with Crippen molar-refractivity contribution in [1.29, 1.82) is 0 Å².